The maximum Gasteiger partial charge on any atom is 0.310 e. The molecule has 2 aromatic heterocycles. The molecular weight excluding hydrogens is 544 g/mol. The van der Waals surface area contributed by atoms with E-state index in [0.717, 1.165) is 11.1 Å². The summed E-state index contributed by atoms with van der Waals surface area (Å²) in [6, 6.07) is 20.2. The molecule has 0 radical (unpaired) electrons. The zero-order valence-corrected chi connectivity index (χ0v) is 23.6. The van der Waals surface area contributed by atoms with Crippen molar-refractivity contribution in [2.45, 2.75) is 19.9 Å². The fraction of sp³-hybridized carbons (Fsp3) is 0.194. The van der Waals surface area contributed by atoms with E-state index in [0.29, 0.717) is 63.5 Å². The Hall–Kier alpha value is -4.76. The Balaban J connectivity index is 1.56. The van der Waals surface area contributed by atoms with E-state index in [2.05, 4.69) is 5.32 Å². The van der Waals surface area contributed by atoms with E-state index >= 15 is 0 Å². The molecule has 0 amide bonds. The minimum absolute atomic E-state index is 0.00925. The van der Waals surface area contributed by atoms with Crippen LogP contribution in [0.15, 0.2) is 72.9 Å². The number of benzene rings is 3. The van der Waals surface area contributed by atoms with Crippen LogP contribution in [0.4, 0.5) is 11.5 Å². The molecule has 0 aliphatic heterocycles. The van der Waals surface area contributed by atoms with Crippen LogP contribution in [0.5, 0.6) is 17.4 Å². The maximum atomic E-state index is 11.9. The number of nitrogens with one attached hydrogen (secondary N) is 1. The average Bonchev–Trinajstić information content (AvgIpc) is 3.29. The first-order valence-corrected chi connectivity index (χ1v) is 13.3. The molecule has 41 heavy (non-hydrogen) atoms. The van der Waals surface area contributed by atoms with Gasteiger partial charge in [0, 0.05) is 29.1 Å². The first kappa shape index (κ1) is 27.8. The van der Waals surface area contributed by atoms with Crippen LogP contribution in [0, 0.1) is 0 Å². The zero-order valence-electron chi connectivity index (χ0n) is 22.8. The van der Waals surface area contributed by atoms with E-state index in [9.17, 15) is 9.90 Å². The van der Waals surface area contributed by atoms with E-state index < -0.39 is 0 Å². The van der Waals surface area contributed by atoms with Gasteiger partial charge in [0.15, 0.2) is 5.82 Å². The van der Waals surface area contributed by atoms with Gasteiger partial charge in [-0.05, 0) is 48.9 Å². The van der Waals surface area contributed by atoms with E-state index in [4.69, 9.17) is 35.8 Å². The lowest BCUT2D eigenvalue weighted by Gasteiger charge is -2.12. The van der Waals surface area contributed by atoms with Crippen LogP contribution < -0.4 is 14.8 Å². The van der Waals surface area contributed by atoms with Crippen molar-refractivity contribution in [1.29, 1.82) is 0 Å². The first-order valence-electron chi connectivity index (χ1n) is 13.0. The molecule has 5 aromatic rings. The summed E-state index contributed by atoms with van der Waals surface area (Å²) in [5.41, 5.74) is 3.57. The third-order valence-electron chi connectivity index (χ3n) is 6.53. The lowest BCUT2D eigenvalue weighted by molar-refractivity contribution is -0.142. The highest BCUT2D eigenvalue weighted by atomic mass is 35.5. The number of carbonyl (C=O) groups excluding carboxylic acids is 1. The quantitative estimate of drug-likeness (QED) is 0.186. The van der Waals surface area contributed by atoms with Crippen LogP contribution in [0.25, 0.3) is 22.3 Å². The van der Waals surface area contributed by atoms with Gasteiger partial charge < -0.3 is 29.2 Å². The molecule has 0 spiro atoms. The number of esters is 1. The number of methoxy groups -OCH3 is 2. The topological polar surface area (TPSA) is 108 Å². The van der Waals surface area contributed by atoms with Crippen LogP contribution in [0.2, 0.25) is 5.02 Å². The van der Waals surface area contributed by atoms with Crippen molar-refractivity contribution in [3.8, 4) is 28.8 Å². The number of aromatic hydroxyl groups is 1. The van der Waals surface area contributed by atoms with Crippen LogP contribution in [0.1, 0.15) is 18.1 Å². The second kappa shape index (κ2) is 12.2. The summed E-state index contributed by atoms with van der Waals surface area (Å²) in [6.45, 7) is 2.43. The van der Waals surface area contributed by atoms with Crippen LogP contribution >= 0.6 is 11.6 Å². The van der Waals surface area contributed by atoms with Gasteiger partial charge in [-0.25, -0.2) is 9.97 Å². The highest BCUT2D eigenvalue weighted by Gasteiger charge is 2.20. The minimum Gasteiger partial charge on any atom is -0.497 e. The number of hydrogen-bond acceptors (Lipinski definition) is 8. The highest BCUT2D eigenvalue weighted by Crippen LogP contribution is 2.37. The third kappa shape index (κ3) is 6.05. The Bertz CT molecular complexity index is 1700. The lowest BCUT2D eigenvalue weighted by Crippen LogP contribution is -2.07. The fourth-order valence-corrected chi connectivity index (χ4v) is 4.73. The highest BCUT2D eigenvalue weighted by molar-refractivity contribution is 6.33. The monoisotopic (exact) mass is 572 g/mol. The summed E-state index contributed by atoms with van der Waals surface area (Å²) in [7, 11) is 3.18. The number of carbonyl (C=O) groups is 1. The molecule has 9 nitrogen and oxygen atoms in total. The summed E-state index contributed by atoms with van der Waals surface area (Å²) in [4.78, 5) is 21.4. The third-order valence-corrected chi connectivity index (χ3v) is 6.86. The molecule has 210 valence electrons. The number of aromatic nitrogens is 3. The summed E-state index contributed by atoms with van der Waals surface area (Å²) < 4.78 is 17.6. The number of fused-ring (bicyclic) bond motifs is 1. The molecule has 0 unspecified atom stereocenters. The second-order valence-electron chi connectivity index (χ2n) is 9.20. The molecule has 2 heterocycles. The van der Waals surface area contributed by atoms with Gasteiger partial charge in [-0.2, -0.15) is 0 Å². The summed E-state index contributed by atoms with van der Waals surface area (Å²) >= 11 is 6.49. The van der Waals surface area contributed by atoms with Gasteiger partial charge >= 0.3 is 5.97 Å². The largest absolute Gasteiger partial charge is 0.497 e. The Kier molecular flexibility index (Phi) is 8.26. The molecule has 2 N–H and O–H groups in total. The smallest absolute Gasteiger partial charge is 0.310 e. The average molecular weight is 573 g/mol. The number of ether oxygens (including phenoxy) is 3. The van der Waals surface area contributed by atoms with Crippen molar-refractivity contribution in [2.24, 2.45) is 0 Å². The number of halogens is 1. The molecule has 0 atom stereocenters. The Morgan fingerprint density at radius 2 is 1.80 bits per heavy atom. The molecule has 10 heteroatoms. The van der Waals surface area contributed by atoms with Crippen molar-refractivity contribution in [2.75, 3.05) is 26.1 Å². The van der Waals surface area contributed by atoms with Gasteiger partial charge in [0.05, 0.1) is 44.3 Å². The van der Waals surface area contributed by atoms with Crippen molar-refractivity contribution in [1.82, 2.24) is 14.5 Å². The predicted molar refractivity (Wildman–Crippen MR) is 158 cm³/mol. The normalized spacial score (nSPS) is 10.9. The van der Waals surface area contributed by atoms with Crippen LogP contribution in [-0.2, 0) is 22.5 Å². The second-order valence-corrected chi connectivity index (χ2v) is 9.61. The number of hydrogen-bond donors (Lipinski definition) is 2. The van der Waals surface area contributed by atoms with Gasteiger partial charge in [-0.3, -0.25) is 4.79 Å². The summed E-state index contributed by atoms with van der Waals surface area (Å²) in [6.07, 6.45) is 1.95. The molecule has 3 aromatic carbocycles. The summed E-state index contributed by atoms with van der Waals surface area (Å²) in [5, 5.41) is 15.7. The van der Waals surface area contributed by atoms with Gasteiger partial charge in [0.2, 0.25) is 5.88 Å². The molecule has 0 aliphatic rings. The van der Waals surface area contributed by atoms with Crippen molar-refractivity contribution in [3.63, 3.8) is 0 Å². The maximum absolute atomic E-state index is 11.9. The van der Waals surface area contributed by atoms with Crippen LogP contribution in [-0.4, -0.2) is 46.4 Å². The van der Waals surface area contributed by atoms with Crippen LogP contribution in [0.3, 0.4) is 0 Å². The molecular formula is C31H29ClN4O5. The van der Waals surface area contributed by atoms with Gasteiger partial charge in [0.25, 0.3) is 0 Å². The number of nitrogens with zero attached hydrogens (tertiary/aromatic N) is 3. The van der Waals surface area contributed by atoms with Gasteiger partial charge in [-0.1, -0.05) is 35.9 Å². The van der Waals surface area contributed by atoms with Gasteiger partial charge in [0.1, 0.15) is 22.7 Å². The number of rotatable bonds is 10. The van der Waals surface area contributed by atoms with E-state index in [1.165, 1.54) is 0 Å². The molecule has 0 saturated heterocycles. The number of anilines is 2. The molecule has 0 aliphatic carbocycles. The first-order chi connectivity index (χ1) is 19.9. The standard InChI is InChI=1S/C31H29ClN4O5/c1-4-41-27(37)15-19-9-12-21(13-10-19)33-30-28-25(34-29(35-30)23-7-5-6-8-24(23)32)18-36(31(28)38)17-20-11-14-22(39-2)16-26(20)40-3/h5-14,16,18,38H,4,15,17H2,1-3H3,(H,33,34,35). The lowest BCUT2D eigenvalue weighted by atomic mass is 10.1. The van der Waals surface area contributed by atoms with Crippen molar-refractivity contribution < 1.29 is 24.1 Å². The van der Waals surface area contributed by atoms with Crippen molar-refractivity contribution in [3.05, 3.63) is 89.1 Å². The van der Waals surface area contributed by atoms with E-state index in [1.807, 2.05) is 54.6 Å². The van der Waals surface area contributed by atoms with Crippen molar-refractivity contribution >= 4 is 40.0 Å². The van der Waals surface area contributed by atoms with E-state index in [-0.39, 0.29) is 18.3 Å². The SMILES string of the molecule is CCOC(=O)Cc1ccc(Nc2nc(-c3ccccc3Cl)nc3cn(Cc4ccc(OC)cc4OC)c(O)c23)cc1. The fourth-order valence-electron chi connectivity index (χ4n) is 4.51. The Morgan fingerprint density at radius 3 is 2.51 bits per heavy atom. The molecule has 0 saturated carbocycles. The predicted octanol–water partition coefficient (Wildman–Crippen LogP) is 6.37. The Labute approximate surface area is 242 Å². The minimum atomic E-state index is -0.283. The summed E-state index contributed by atoms with van der Waals surface area (Å²) in [5.74, 6) is 1.82. The molecule has 0 bridgehead atoms. The van der Waals surface area contributed by atoms with Gasteiger partial charge in [-0.15, -0.1) is 0 Å². The zero-order chi connectivity index (χ0) is 28.9. The molecule has 5 rings (SSSR count). The van der Waals surface area contributed by atoms with E-state index in [1.54, 1.807) is 44.0 Å². The Morgan fingerprint density at radius 1 is 1.02 bits per heavy atom. The molecule has 0 fully saturated rings.